The number of pyridine rings is 1. The molecule has 1 radical (unpaired) electrons. The maximum absolute atomic E-state index is 10.0. The number of aliphatic hydroxyl groups excluding tert-OH is 1. The Morgan fingerprint density at radius 1 is 1.42 bits per heavy atom. The number of hydrogen-bond acceptors (Lipinski definition) is 4. The molecule has 0 amide bonds. The van der Waals surface area contributed by atoms with E-state index >= 15 is 0 Å². The SMILES string of the molecule is CC(=O)/C=C(/C)O.[Rh].[c-]1ccsc1-c1ccccn1. The molecule has 2 aromatic heterocycles. The van der Waals surface area contributed by atoms with Gasteiger partial charge in [-0.2, -0.15) is 12.1 Å². The molecule has 0 aliphatic heterocycles. The minimum Gasteiger partial charge on any atom is -0.512 e. The summed E-state index contributed by atoms with van der Waals surface area (Å²) in [6, 6.07) is 10.9. The van der Waals surface area contributed by atoms with E-state index in [0.29, 0.717) is 0 Å². The standard InChI is InChI=1S/C9H6NS.C5H8O2.Rh/c1-2-6-10-8(4-1)9-5-3-7-11-9;1-4(6)3-5(2)7;/h1-4,6-7H;3,6H,1-2H3;/q-1;;/b;4-3-;. The number of allylic oxidation sites excluding steroid dienone is 2. The Labute approximate surface area is 129 Å². The molecule has 0 fully saturated rings. The number of hydrogen-bond donors (Lipinski definition) is 1. The van der Waals surface area contributed by atoms with Crippen LogP contribution in [0, 0.1) is 6.07 Å². The molecular weight excluding hydrogens is 349 g/mol. The number of rotatable bonds is 2. The molecule has 19 heavy (non-hydrogen) atoms. The molecule has 103 valence electrons. The van der Waals surface area contributed by atoms with Crippen molar-refractivity contribution >= 4 is 17.1 Å². The largest absolute Gasteiger partial charge is 0.512 e. The fraction of sp³-hybridized carbons (Fsp3) is 0.143. The summed E-state index contributed by atoms with van der Waals surface area (Å²) in [6.45, 7) is 2.85. The predicted octanol–water partition coefficient (Wildman–Crippen LogP) is 3.64. The average Bonchev–Trinajstić information content (AvgIpc) is 2.82. The van der Waals surface area contributed by atoms with E-state index in [4.69, 9.17) is 5.11 Å². The molecule has 1 N–H and O–H groups in total. The van der Waals surface area contributed by atoms with Crippen LogP contribution in [-0.4, -0.2) is 15.9 Å². The van der Waals surface area contributed by atoms with E-state index in [1.165, 1.54) is 19.9 Å². The Hall–Kier alpha value is -1.32. The average molecular weight is 363 g/mol. The number of ketones is 1. The summed E-state index contributed by atoms with van der Waals surface area (Å²) in [4.78, 5) is 15.3. The summed E-state index contributed by atoms with van der Waals surface area (Å²) < 4.78 is 0. The van der Waals surface area contributed by atoms with Crippen LogP contribution in [0.4, 0.5) is 0 Å². The number of carbonyl (C=O) groups excluding carboxylic acids is 1. The summed E-state index contributed by atoms with van der Waals surface area (Å²) in [7, 11) is 0. The van der Waals surface area contributed by atoms with Gasteiger partial charge in [-0.05, 0) is 25.6 Å². The zero-order valence-corrected chi connectivity index (χ0v) is 13.0. The summed E-state index contributed by atoms with van der Waals surface area (Å²) in [6.07, 6.45) is 2.96. The van der Waals surface area contributed by atoms with Gasteiger partial charge >= 0.3 is 0 Å². The molecule has 2 heterocycles. The van der Waals surface area contributed by atoms with Crippen LogP contribution in [0.5, 0.6) is 0 Å². The zero-order valence-electron chi connectivity index (χ0n) is 10.6. The zero-order chi connectivity index (χ0) is 13.4. The first kappa shape index (κ1) is 17.7. The van der Waals surface area contributed by atoms with Crippen molar-refractivity contribution < 1.29 is 29.4 Å². The van der Waals surface area contributed by atoms with E-state index in [-0.39, 0.29) is 31.0 Å². The van der Waals surface area contributed by atoms with Gasteiger partial charge < -0.3 is 10.1 Å². The van der Waals surface area contributed by atoms with E-state index in [2.05, 4.69) is 11.1 Å². The molecule has 2 aromatic rings. The summed E-state index contributed by atoms with van der Waals surface area (Å²) in [5, 5.41) is 10.4. The first-order valence-corrected chi connectivity index (χ1v) is 6.22. The van der Waals surface area contributed by atoms with Gasteiger partial charge in [-0.1, -0.05) is 17.0 Å². The summed E-state index contributed by atoms with van der Waals surface area (Å²) in [5.74, 6) is -0.0625. The van der Waals surface area contributed by atoms with Gasteiger partial charge in [-0.15, -0.1) is 5.38 Å². The Balaban J connectivity index is 0.000000360. The second kappa shape index (κ2) is 9.59. The van der Waals surface area contributed by atoms with E-state index in [1.807, 2.05) is 29.6 Å². The van der Waals surface area contributed by atoms with Crippen LogP contribution in [0.3, 0.4) is 0 Å². The van der Waals surface area contributed by atoms with E-state index in [9.17, 15) is 4.79 Å². The Morgan fingerprint density at radius 2 is 2.16 bits per heavy atom. The molecule has 2 rings (SSSR count). The van der Waals surface area contributed by atoms with Crippen molar-refractivity contribution in [2.45, 2.75) is 13.8 Å². The topological polar surface area (TPSA) is 50.2 Å². The van der Waals surface area contributed by atoms with Crippen molar-refractivity contribution in [1.29, 1.82) is 0 Å². The van der Waals surface area contributed by atoms with Crippen molar-refractivity contribution in [3.05, 3.63) is 53.7 Å². The van der Waals surface area contributed by atoms with Gasteiger partial charge in [0.05, 0.1) is 5.76 Å². The number of aromatic nitrogens is 1. The molecule has 0 bridgehead atoms. The molecule has 0 aliphatic rings. The van der Waals surface area contributed by atoms with E-state index < -0.39 is 0 Å². The van der Waals surface area contributed by atoms with Crippen molar-refractivity contribution in [3.8, 4) is 10.6 Å². The fourth-order valence-electron chi connectivity index (χ4n) is 1.17. The first-order valence-electron chi connectivity index (χ1n) is 5.34. The molecule has 0 spiro atoms. The van der Waals surface area contributed by atoms with Crippen LogP contribution < -0.4 is 0 Å². The third-order valence-electron chi connectivity index (χ3n) is 1.78. The van der Waals surface area contributed by atoms with Crippen LogP contribution in [-0.2, 0) is 24.3 Å². The van der Waals surface area contributed by atoms with Crippen LogP contribution in [0.25, 0.3) is 10.6 Å². The minimum absolute atomic E-state index is 0. The normalized spacial score (nSPS) is 9.89. The predicted molar refractivity (Wildman–Crippen MR) is 73.5 cm³/mol. The van der Waals surface area contributed by atoms with Gasteiger partial charge in [0.2, 0.25) is 0 Å². The summed E-state index contributed by atoms with van der Waals surface area (Å²) >= 11 is 1.66. The van der Waals surface area contributed by atoms with Crippen LogP contribution in [0.2, 0.25) is 0 Å². The van der Waals surface area contributed by atoms with Gasteiger partial charge in [0.25, 0.3) is 0 Å². The van der Waals surface area contributed by atoms with Gasteiger partial charge in [0.15, 0.2) is 5.78 Å². The van der Waals surface area contributed by atoms with E-state index in [0.717, 1.165) is 10.6 Å². The van der Waals surface area contributed by atoms with Crippen molar-refractivity contribution in [3.63, 3.8) is 0 Å². The Morgan fingerprint density at radius 3 is 2.53 bits per heavy atom. The Bertz CT molecular complexity index is 506. The quantitative estimate of drug-likeness (QED) is 0.384. The maximum Gasteiger partial charge on any atom is 0.155 e. The van der Waals surface area contributed by atoms with Gasteiger partial charge in [-0.3, -0.25) is 4.79 Å². The van der Waals surface area contributed by atoms with Crippen molar-refractivity contribution in [1.82, 2.24) is 4.98 Å². The molecule has 3 nitrogen and oxygen atoms in total. The van der Waals surface area contributed by atoms with Crippen molar-refractivity contribution in [2.24, 2.45) is 0 Å². The number of nitrogens with zero attached hydrogens (tertiary/aromatic N) is 1. The Kier molecular flexibility index (Phi) is 8.93. The second-order valence-electron chi connectivity index (χ2n) is 3.51. The maximum atomic E-state index is 10.0. The van der Waals surface area contributed by atoms with Gasteiger partial charge in [0, 0.05) is 31.8 Å². The molecule has 0 atom stereocenters. The molecule has 5 heteroatoms. The molecule has 0 unspecified atom stereocenters. The van der Waals surface area contributed by atoms with Crippen LogP contribution in [0.15, 0.2) is 47.7 Å². The second-order valence-corrected chi connectivity index (χ2v) is 4.42. The molecule has 0 saturated carbocycles. The minimum atomic E-state index is -0.125. The van der Waals surface area contributed by atoms with Crippen LogP contribution in [0.1, 0.15) is 13.8 Å². The summed E-state index contributed by atoms with van der Waals surface area (Å²) in [5.41, 5.74) is 1.00. The third-order valence-corrected chi connectivity index (χ3v) is 2.61. The van der Waals surface area contributed by atoms with E-state index in [1.54, 1.807) is 17.5 Å². The van der Waals surface area contributed by atoms with Crippen molar-refractivity contribution in [2.75, 3.05) is 0 Å². The first-order chi connectivity index (χ1) is 8.59. The third kappa shape index (κ3) is 7.65. The number of carbonyl (C=O) groups is 1. The number of thiophene rings is 1. The molecule has 0 saturated heterocycles. The molecular formula is C14H14NO2RhS-. The molecule has 0 aliphatic carbocycles. The molecule has 0 aromatic carbocycles. The monoisotopic (exact) mass is 363 g/mol. The number of aliphatic hydroxyl groups is 1. The van der Waals surface area contributed by atoms with Gasteiger partial charge in [0.1, 0.15) is 0 Å². The van der Waals surface area contributed by atoms with Gasteiger partial charge in [-0.25, -0.2) is 11.3 Å². The van der Waals surface area contributed by atoms with Crippen LogP contribution >= 0.6 is 11.3 Å². The fourth-order valence-corrected chi connectivity index (χ4v) is 1.82. The smallest absolute Gasteiger partial charge is 0.155 e.